The Hall–Kier alpha value is -1.25. The molecule has 0 unspecified atom stereocenters. The van der Waals surface area contributed by atoms with Crippen LogP contribution in [0.2, 0.25) is 0 Å². The van der Waals surface area contributed by atoms with Gasteiger partial charge in [-0.3, -0.25) is 4.79 Å². The fourth-order valence-electron chi connectivity index (χ4n) is 1.28. The number of aromatic amines is 1. The van der Waals surface area contributed by atoms with Crippen LogP contribution in [0.15, 0.2) is 18.3 Å². The number of aromatic nitrogens is 1. The van der Waals surface area contributed by atoms with Gasteiger partial charge in [-0.05, 0) is 30.9 Å². The van der Waals surface area contributed by atoms with Gasteiger partial charge in [-0.25, -0.2) is 0 Å². The van der Waals surface area contributed by atoms with E-state index in [1.54, 1.807) is 12.3 Å². The summed E-state index contributed by atoms with van der Waals surface area (Å²) in [5.74, 6) is 0.691. The van der Waals surface area contributed by atoms with Gasteiger partial charge < -0.3 is 10.3 Å². The highest BCUT2D eigenvalue weighted by molar-refractivity contribution is 5.92. The molecule has 0 fully saturated rings. The number of nitrogens with one attached hydrogen (secondary N) is 2. The van der Waals surface area contributed by atoms with Crippen LogP contribution >= 0.6 is 0 Å². The molecule has 78 valence electrons. The lowest BCUT2D eigenvalue weighted by atomic mass is 10.1. The summed E-state index contributed by atoms with van der Waals surface area (Å²) in [7, 11) is 0. The molecule has 1 aromatic heterocycles. The predicted octanol–water partition coefficient (Wildman–Crippen LogP) is 2.18. The molecule has 0 atom stereocenters. The smallest absolute Gasteiger partial charge is 0.267 e. The molecule has 0 saturated heterocycles. The van der Waals surface area contributed by atoms with Crippen molar-refractivity contribution >= 4 is 5.91 Å². The number of carbonyl (C=O) groups is 1. The van der Waals surface area contributed by atoms with Crippen molar-refractivity contribution in [3.8, 4) is 0 Å². The van der Waals surface area contributed by atoms with E-state index >= 15 is 0 Å². The quantitative estimate of drug-likeness (QED) is 0.693. The minimum Gasteiger partial charge on any atom is -0.357 e. The second-order valence-electron chi connectivity index (χ2n) is 3.88. The van der Waals surface area contributed by atoms with E-state index in [-0.39, 0.29) is 5.91 Å². The maximum absolute atomic E-state index is 11.4. The third-order valence-electron chi connectivity index (χ3n) is 2.09. The third kappa shape index (κ3) is 3.64. The zero-order chi connectivity index (χ0) is 10.4. The zero-order valence-corrected chi connectivity index (χ0v) is 8.84. The Balaban J connectivity index is 2.16. The molecule has 1 amide bonds. The number of rotatable bonds is 5. The average molecular weight is 194 g/mol. The van der Waals surface area contributed by atoms with Gasteiger partial charge >= 0.3 is 0 Å². The Morgan fingerprint density at radius 1 is 1.57 bits per heavy atom. The molecule has 14 heavy (non-hydrogen) atoms. The molecule has 3 heteroatoms. The molecule has 0 bridgehead atoms. The SMILES string of the molecule is CC(C)CCCNC(=O)c1ccc[nH]1. The van der Waals surface area contributed by atoms with Gasteiger partial charge in [-0.2, -0.15) is 0 Å². The van der Waals surface area contributed by atoms with Crippen molar-refractivity contribution in [2.45, 2.75) is 26.7 Å². The Labute approximate surface area is 84.9 Å². The first-order chi connectivity index (χ1) is 6.70. The molecule has 1 heterocycles. The van der Waals surface area contributed by atoms with E-state index in [1.165, 1.54) is 0 Å². The second kappa shape index (κ2) is 5.47. The van der Waals surface area contributed by atoms with Crippen LogP contribution in [0.25, 0.3) is 0 Å². The molecule has 2 N–H and O–H groups in total. The predicted molar refractivity (Wildman–Crippen MR) is 57.2 cm³/mol. The van der Waals surface area contributed by atoms with Crippen LogP contribution in [-0.2, 0) is 0 Å². The molecule has 0 saturated carbocycles. The van der Waals surface area contributed by atoms with E-state index in [1.807, 2.05) is 6.07 Å². The molecule has 0 spiro atoms. The van der Waals surface area contributed by atoms with Crippen LogP contribution < -0.4 is 5.32 Å². The summed E-state index contributed by atoms with van der Waals surface area (Å²) in [6.07, 6.45) is 3.96. The first-order valence-electron chi connectivity index (χ1n) is 5.11. The van der Waals surface area contributed by atoms with Gasteiger partial charge in [-0.15, -0.1) is 0 Å². The van der Waals surface area contributed by atoms with Crippen molar-refractivity contribution in [3.63, 3.8) is 0 Å². The molecule has 0 aliphatic carbocycles. The summed E-state index contributed by atoms with van der Waals surface area (Å²) in [5.41, 5.74) is 0.634. The monoisotopic (exact) mass is 194 g/mol. The van der Waals surface area contributed by atoms with Gasteiger partial charge in [0.2, 0.25) is 0 Å². The minimum absolute atomic E-state index is 0.0150. The fourth-order valence-corrected chi connectivity index (χ4v) is 1.28. The van der Waals surface area contributed by atoms with Crippen molar-refractivity contribution in [1.29, 1.82) is 0 Å². The Bertz CT molecular complexity index is 265. The lowest BCUT2D eigenvalue weighted by Crippen LogP contribution is -2.24. The summed E-state index contributed by atoms with van der Waals surface area (Å²) in [4.78, 5) is 14.3. The Morgan fingerprint density at radius 2 is 2.36 bits per heavy atom. The van der Waals surface area contributed by atoms with Crippen LogP contribution in [0, 0.1) is 5.92 Å². The van der Waals surface area contributed by atoms with Crippen molar-refractivity contribution in [2.24, 2.45) is 5.92 Å². The first-order valence-corrected chi connectivity index (χ1v) is 5.11. The molecule has 0 aliphatic heterocycles. The fraction of sp³-hybridized carbons (Fsp3) is 0.545. The van der Waals surface area contributed by atoms with Crippen molar-refractivity contribution in [1.82, 2.24) is 10.3 Å². The second-order valence-corrected chi connectivity index (χ2v) is 3.88. The van der Waals surface area contributed by atoms with E-state index in [9.17, 15) is 4.79 Å². The third-order valence-corrected chi connectivity index (χ3v) is 2.09. The highest BCUT2D eigenvalue weighted by Gasteiger charge is 2.03. The summed E-state index contributed by atoms with van der Waals surface area (Å²) < 4.78 is 0. The number of hydrogen-bond acceptors (Lipinski definition) is 1. The van der Waals surface area contributed by atoms with Crippen LogP contribution in [0.5, 0.6) is 0 Å². The minimum atomic E-state index is -0.0150. The van der Waals surface area contributed by atoms with E-state index < -0.39 is 0 Å². The number of hydrogen-bond donors (Lipinski definition) is 2. The topological polar surface area (TPSA) is 44.9 Å². The van der Waals surface area contributed by atoms with Crippen LogP contribution in [0.1, 0.15) is 37.2 Å². The zero-order valence-electron chi connectivity index (χ0n) is 8.84. The van der Waals surface area contributed by atoms with Gasteiger partial charge in [0.05, 0.1) is 0 Å². The van der Waals surface area contributed by atoms with Crippen molar-refractivity contribution in [3.05, 3.63) is 24.0 Å². The standard InChI is InChI=1S/C11H18N2O/c1-9(2)5-3-8-13-11(14)10-6-4-7-12-10/h4,6-7,9,12H,3,5,8H2,1-2H3,(H,13,14). The molecule has 0 aliphatic rings. The molecular formula is C11H18N2O. The summed E-state index contributed by atoms with van der Waals surface area (Å²) >= 11 is 0. The maximum atomic E-state index is 11.4. The van der Waals surface area contributed by atoms with Gasteiger partial charge in [0.15, 0.2) is 0 Å². The lowest BCUT2D eigenvalue weighted by Gasteiger charge is -2.05. The molecule has 0 radical (unpaired) electrons. The van der Waals surface area contributed by atoms with E-state index in [0.29, 0.717) is 11.6 Å². The summed E-state index contributed by atoms with van der Waals surface area (Å²) in [5, 5.41) is 2.87. The molecule has 0 aromatic carbocycles. The summed E-state index contributed by atoms with van der Waals surface area (Å²) in [6.45, 7) is 5.13. The summed E-state index contributed by atoms with van der Waals surface area (Å²) in [6, 6.07) is 3.60. The van der Waals surface area contributed by atoms with Gasteiger partial charge in [-0.1, -0.05) is 13.8 Å². The highest BCUT2D eigenvalue weighted by Crippen LogP contribution is 2.02. The van der Waals surface area contributed by atoms with Gasteiger partial charge in [0, 0.05) is 12.7 Å². The number of amides is 1. The number of H-pyrrole nitrogens is 1. The van der Waals surface area contributed by atoms with E-state index in [2.05, 4.69) is 24.1 Å². The van der Waals surface area contributed by atoms with Gasteiger partial charge in [0.1, 0.15) is 5.69 Å². The van der Waals surface area contributed by atoms with Gasteiger partial charge in [0.25, 0.3) is 5.91 Å². The van der Waals surface area contributed by atoms with Crippen molar-refractivity contribution < 1.29 is 4.79 Å². The molecule has 3 nitrogen and oxygen atoms in total. The first kappa shape index (κ1) is 10.8. The van der Waals surface area contributed by atoms with E-state index in [4.69, 9.17) is 0 Å². The van der Waals surface area contributed by atoms with E-state index in [0.717, 1.165) is 19.4 Å². The van der Waals surface area contributed by atoms with Crippen molar-refractivity contribution in [2.75, 3.05) is 6.54 Å². The largest absolute Gasteiger partial charge is 0.357 e. The number of carbonyl (C=O) groups excluding carboxylic acids is 1. The van der Waals surface area contributed by atoms with Crippen LogP contribution in [-0.4, -0.2) is 17.4 Å². The molecule has 1 aromatic rings. The Kier molecular flexibility index (Phi) is 4.23. The maximum Gasteiger partial charge on any atom is 0.267 e. The molecular weight excluding hydrogens is 176 g/mol. The van der Waals surface area contributed by atoms with Crippen LogP contribution in [0.3, 0.4) is 0 Å². The highest BCUT2D eigenvalue weighted by atomic mass is 16.1. The average Bonchev–Trinajstić information content (AvgIpc) is 2.64. The molecule has 1 rings (SSSR count). The normalized spacial score (nSPS) is 10.5. The Morgan fingerprint density at radius 3 is 2.93 bits per heavy atom. The van der Waals surface area contributed by atoms with Crippen LogP contribution in [0.4, 0.5) is 0 Å². The lowest BCUT2D eigenvalue weighted by molar-refractivity contribution is 0.0948.